The summed E-state index contributed by atoms with van der Waals surface area (Å²) in [6.45, 7) is 4.79. The molecule has 2 amide bonds. The first kappa shape index (κ1) is 20.3. The summed E-state index contributed by atoms with van der Waals surface area (Å²) in [6.07, 6.45) is 1.36. The van der Waals surface area contributed by atoms with Gasteiger partial charge in [0.25, 0.3) is 5.91 Å². The van der Waals surface area contributed by atoms with Gasteiger partial charge < -0.3 is 19.8 Å². The molecule has 1 aliphatic heterocycles. The van der Waals surface area contributed by atoms with E-state index in [9.17, 15) is 19.2 Å². The van der Waals surface area contributed by atoms with Crippen LogP contribution < -0.4 is 10.6 Å². The van der Waals surface area contributed by atoms with Gasteiger partial charge in [0, 0.05) is 11.3 Å². The molecule has 8 nitrogen and oxygen atoms in total. The number of hydrogen-bond acceptors (Lipinski definition) is 6. The van der Waals surface area contributed by atoms with Crippen molar-refractivity contribution >= 4 is 29.3 Å². The van der Waals surface area contributed by atoms with Gasteiger partial charge >= 0.3 is 5.97 Å². The number of hydrogen-bond donors (Lipinski definition) is 2. The Labute approximate surface area is 167 Å². The van der Waals surface area contributed by atoms with Crippen molar-refractivity contribution in [1.82, 2.24) is 5.32 Å². The second-order valence-electron chi connectivity index (χ2n) is 7.22. The van der Waals surface area contributed by atoms with E-state index in [0.717, 1.165) is 5.56 Å². The predicted molar refractivity (Wildman–Crippen MR) is 104 cm³/mol. The van der Waals surface area contributed by atoms with Crippen LogP contribution in [0.1, 0.15) is 53.2 Å². The van der Waals surface area contributed by atoms with Gasteiger partial charge in [0.05, 0.1) is 12.2 Å². The van der Waals surface area contributed by atoms with Gasteiger partial charge in [0.1, 0.15) is 6.04 Å². The van der Waals surface area contributed by atoms with Crippen molar-refractivity contribution in [1.29, 1.82) is 0 Å². The summed E-state index contributed by atoms with van der Waals surface area (Å²) in [4.78, 5) is 48.8. The van der Waals surface area contributed by atoms with Gasteiger partial charge in [-0.15, -0.1) is 0 Å². The number of esters is 1. The van der Waals surface area contributed by atoms with Gasteiger partial charge in [0.2, 0.25) is 5.91 Å². The topological polar surface area (TPSA) is 115 Å². The molecule has 8 heteroatoms. The Bertz CT molecular complexity index is 948. The zero-order chi connectivity index (χ0) is 21.1. The lowest BCUT2D eigenvalue weighted by Crippen LogP contribution is -2.45. The number of anilines is 1. The van der Waals surface area contributed by atoms with Crippen molar-refractivity contribution in [3.8, 4) is 0 Å². The fourth-order valence-electron chi connectivity index (χ4n) is 3.02. The number of ether oxygens (including phenoxy) is 1. The molecule has 29 heavy (non-hydrogen) atoms. The Morgan fingerprint density at radius 1 is 1.24 bits per heavy atom. The summed E-state index contributed by atoms with van der Waals surface area (Å²) < 4.78 is 10.2. The van der Waals surface area contributed by atoms with Gasteiger partial charge in [-0.2, -0.15) is 0 Å². The van der Waals surface area contributed by atoms with Crippen molar-refractivity contribution in [2.24, 2.45) is 5.92 Å². The van der Waals surface area contributed by atoms with Gasteiger partial charge in [0.15, 0.2) is 18.2 Å². The van der Waals surface area contributed by atoms with Crippen LogP contribution in [0.2, 0.25) is 0 Å². The highest BCUT2D eigenvalue weighted by Gasteiger charge is 2.29. The van der Waals surface area contributed by atoms with E-state index in [2.05, 4.69) is 10.6 Å². The lowest BCUT2D eigenvalue weighted by molar-refractivity contribution is -0.146. The van der Waals surface area contributed by atoms with Crippen LogP contribution in [0.3, 0.4) is 0 Å². The largest absolute Gasteiger partial charge is 0.459 e. The Hall–Kier alpha value is -3.42. The van der Waals surface area contributed by atoms with Gasteiger partial charge in [-0.25, -0.2) is 4.79 Å². The zero-order valence-electron chi connectivity index (χ0n) is 16.4. The third kappa shape index (κ3) is 4.37. The number of amides is 2. The van der Waals surface area contributed by atoms with E-state index in [1.165, 1.54) is 12.3 Å². The van der Waals surface area contributed by atoms with Crippen LogP contribution in [0.5, 0.6) is 0 Å². The molecule has 0 spiro atoms. The molecule has 0 unspecified atom stereocenters. The smallest absolute Gasteiger partial charge is 0.329 e. The molecule has 3 rings (SSSR count). The van der Waals surface area contributed by atoms with Gasteiger partial charge in [-0.3, -0.25) is 14.4 Å². The monoisotopic (exact) mass is 398 g/mol. The fourth-order valence-corrected chi connectivity index (χ4v) is 3.02. The molecule has 0 saturated carbocycles. The fraction of sp³-hybridized carbons (Fsp3) is 0.333. The minimum Gasteiger partial charge on any atom is -0.459 e. The second kappa shape index (κ2) is 8.30. The molecule has 1 aliphatic rings. The number of benzene rings is 1. The van der Waals surface area contributed by atoms with Crippen LogP contribution in [0, 0.1) is 5.92 Å². The van der Waals surface area contributed by atoms with Crippen molar-refractivity contribution < 1.29 is 28.3 Å². The van der Waals surface area contributed by atoms with Crippen LogP contribution in [-0.2, 0) is 14.3 Å². The number of ketones is 1. The van der Waals surface area contributed by atoms with E-state index in [0.29, 0.717) is 11.3 Å². The average Bonchev–Trinajstić information content (AvgIpc) is 3.32. The molecule has 1 aromatic heterocycles. The van der Waals surface area contributed by atoms with E-state index in [4.69, 9.17) is 9.15 Å². The molecule has 2 N–H and O–H groups in total. The lowest BCUT2D eigenvalue weighted by Gasteiger charge is -2.20. The summed E-state index contributed by atoms with van der Waals surface area (Å²) in [6, 6.07) is 6.99. The quantitative estimate of drug-likeness (QED) is 0.547. The number of carbonyl (C=O) groups excluding carboxylic acids is 4. The number of furan rings is 1. The molecule has 0 aliphatic carbocycles. The summed E-state index contributed by atoms with van der Waals surface area (Å²) in [7, 11) is 0. The molecule has 2 atom stereocenters. The van der Waals surface area contributed by atoms with E-state index < -0.39 is 30.3 Å². The number of fused-ring (bicyclic) bond motifs is 1. The van der Waals surface area contributed by atoms with Crippen molar-refractivity contribution in [3.63, 3.8) is 0 Å². The molecule has 1 aromatic carbocycles. The average molecular weight is 398 g/mol. The first-order valence-electron chi connectivity index (χ1n) is 9.27. The molecule has 152 valence electrons. The van der Waals surface area contributed by atoms with Gasteiger partial charge in [-0.1, -0.05) is 13.8 Å². The number of nitrogens with one attached hydrogen (secondary N) is 2. The van der Waals surface area contributed by atoms with Crippen LogP contribution in [0.4, 0.5) is 5.69 Å². The molecular formula is C21H22N2O6. The maximum Gasteiger partial charge on any atom is 0.329 e. The van der Waals surface area contributed by atoms with Crippen LogP contribution in [0.15, 0.2) is 41.0 Å². The van der Waals surface area contributed by atoms with Crippen molar-refractivity contribution in [3.05, 3.63) is 53.5 Å². The number of Topliss-reactive ketones (excluding diaryl/α,β-unsaturated/α-hetero) is 1. The SMILES string of the molecule is CC(C)[C@H](NC(=O)c1ccco1)C(=O)OCC(=O)c1ccc2c(c1)[C@H](C)C(=O)N2. The summed E-state index contributed by atoms with van der Waals surface area (Å²) in [5.74, 6) is -2.29. The normalized spacial score (nSPS) is 16.1. The van der Waals surface area contributed by atoms with Crippen LogP contribution in [0.25, 0.3) is 0 Å². The van der Waals surface area contributed by atoms with E-state index in [1.54, 1.807) is 45.0 Å². The highest BCUT2D eigenvalue weighted by atomic mass is 16.5. The minimum absolute atomic E-state index is 0.0787. The van der Waals surface area contributed by atoms with E-state index in [1.807, 2.05) is 0 Å². The van der Waals surface area contributed by atoms with Crippen LogP contribution in [-0.4, -0.2) is 36.2 Å². The Balaban J connectivity index is 1.62. The third-order valence-electron chi connectivity index (χ3n) is 4.79. The molecule has 0 radical (unpaired) electrons. The molecule has 0 fully saturated rings. The van der Waals surface area contributed by atoms with E-state index in [-0.39, 0.29) is 23.5 Å². The molecule has 2 aromatic rings. The minimum atomic E-state index is -0.928. The summed E-state index contributed by atoms with van der Waals surface area (Å²) >= 11 is 0. The molecular weight excluding hydrogens is 376 g/mol. The third-order valence-corrected chi connectivity index (χ3v) is 4.79. The molecule has 0 saturated heterocycles. The Kier molecular flexibility index (Phi) is 5.81. The first-order valence-corrected chi connectivity index (χ1v) is 9.27. The standard InChI is InChI=1S/C21H22N2O6/c1-11(2)18(23-20(26)17-5-4-8-28-17)21(27)29-10-16(24)13-6-7-15-14(9-13)12(3)19(25)22-15/h4-9,11-12,18H,10H2,1-3H3,(H,22,25)(H,23,26)/t12-,18-/m0/s1. The van der Waals surface area contributed by atoms with Crippen LogP contribution >= 0.6 is 0 Å². The highest BCUT2D eigenvalue weighted by molar-refractivity contribution is 6.05. The lowest BCUT2D eigenvalue weighted by atomic mass is 9.99. The highest BCUT2D eigenvalue weighted by Crippen LogP contribution is 2.32. The Morgan fingerprint density at radius 3 is 2.66 bits per heavy atom. The van der Waals surface area contributed by atoms with Gasteiger partial charge in [-0.05, 0) is 48.7 Å². The maximum absolute atomic E-state index is 12.5. The zero-order valence-corrected chi connectivity index (χ0v) is 16.4. The number of rotatable bonds is 7. The summed E-state index contributed by atoms with van der Waals surface area (Å²) in [5.41, 5.74) is 1.76. The second-order valence-corrected chi connectivity index (χ2v) is 7.22. The predicted octanol–water partition coefficient (Wildman–Crippen LogP) is 2.52. The maximum atomic E-state index is 12.5. The Morgan fingerprint density at radius 2 is 2.00 bits per heavy atom. The van der Waals surface area contributed by atoms with Crippen molar-refractivity contribution in [2.75, 3.05) is 11.9 Å². The molecule has 0 bridgehead atoms. The molecule has 2 heterocycles. The van der Waals surface area contributed by atoms with Crippen molar-refractivity contribution in [2.45, 2.75) is 32.7 Å². The van der Waals surface area contributed by atoms with E-state index >= 15 is 0 Å². The summed E-state index contributed by atoms with van der Waals surface area (Å²) in [5, 5.41) is 5.30. The number of carbonyl (C=O) groups is 4. The first-order chi connectivity index (χ1) is 13.8.